The van der Waals surface area contributed by atoms with Crippen molar-refractivity contribution in [3.8, 4) is 0 Å². The van der Waals surface area contributed by atoms with Crippen LogP contribution in [0, 0.1) is 5.82 Å². The van der Waals surface area contributed by atoms with Crippen LogP contribution >= 0.6 is 0 Å². The molecular weight excluding hydrogens is 347 g/mol. The first-order valence-corrected chi connectivity index (χ1v) is 8.88. The van der Waals surface area contributed by atoms with Crippen LogP contribution in [0.15, 0.2) is 41.0 Å². The molecule has 1 aromatic heterocycles. The lowest BCUT2D eigenvalue weighted by molar-refractivity contribution is -0.116. The Hall–Kier alpha value is -3.15. The van der Waals surface area contributed by atoms with Crippen molar-refractivity contribution < 1.29 is 18.4 Å². The number of anilines is 2. The summed E-state index contributed by atoms with van der Waals surface area (Å²) < 4.78 is 19.6. The minimum absolute atomic E-state index is 0.0277. The Morgan fingerprint density at radius 1 is 1.11 bits per heavy atom. The third-order valence-electron chi connectivity index (χ3n) is 4.78. The molecular formula is C21H19FN2O3. The van der Waals surface area contributed by atoms with Crippen LogP contribution in [0.3, 0.4) is 0 Å². The number of hydrogen-bond acceptors (Lipinski definition) is 3. The van der Waals surface area contributed by atoms with Crippen LogP contribution < -0.4 is 10.6 Å². The SMILES string of the molecule is CC(=O)Nc1ccc(F)c(NC(=O)Cc2coc3cc4c(cc23)CCC4)c1. The first kappa shape index (κ1) is 17.3. The van der Waals surface area contributed by atoms with Gasteiger partial charge < -0.3 is 15.1 Å². The average molecular weight is 366 g/mol. The minimum Gasteiger partial charge on any atom is -0.464 e. The number of amides is 2. The second kappa shape index (κ2) is 6.87. The first-order chi connectivity index (χ1) is 13.0. The zero-order chi connectivity index (χ0) is 19.0. The van der Waals surface area contributed by atoms with Crippen molar-refractivity contribution in [2.75, 3.05) is 10.6 Å². The highest BCUT2D eigenvalue weighted by atomic mass is 19.1. The highest BCUT2D eigenvalue weighted by Crippen LogP contribution is 2.30. The van der Waals surface area contributed by atoms with E-state index in [1.165, 1.54) is 36.2 Å². The normalized spacial score (nSPS) is 12.8. The van der Waals surface area contributed by atoms with Crippen LogP contribution in [0.25, 0.3) is 11.0 Å². The van der Waals surface area contributed by atoms with Crippen molar-refractivity contribution >= 4 is 34.2 Å². The van der Waals surface area contributed by atoms with E-state index in [0.717, 1.165) is 35.8 Å². The number of hydrogen-bond donors (Lipinski definition) is 2. The smallest absolute Gasteiger partial charge is 0.229 e. The fraction of sp³-hybridized carbons (Fsp3) is 0.238. The molecule has 4 rings (SSSR count). The van der Waals surface area contributed by atoms with Gasteiger partial charge in [0.1, 0.15) is 11.4 Å². The molecule has 2 N–H and O–H groups in total. The lowest BCUT2D eigenvalue weighted by Gasteiger charge is -2.09. The number of carbonyl (C=O) groups is 2. The molecule has 2 amide bonds. The molecule has 138 valence electrons. The molecule has 27 heavy (non-hydrogen) atoms. The van der Waals surface area contributed by atoms with Gasteiger partial charge in [-0.15, -0.1) is 0 Å². The van der Waals surface area contributed by atoms with Gasteiger partial charge in [-0.05, 0) is 60.7 Å². The van der Waals surface area contributed by atoms with Gasteiger partial charge in [0.15, 0.2) is 0 Å². The van der Waals surface area contributed by atoms with E-state index in [1.54, 1.807) is 6.26 Å². The molecule has 6 heteroatoms. The van der Waals surface area contributed by atoms with Gasteiger partial charge >= 0.3 is 0 Å². The van der Waals surface area contributed by atoms with E-state index in [2.05, 4.69) is 22.8 Å². The van der Waals surface area contributed by atoms with Gasteiger partial charge in [0.05, 0.1) is 18.4 Å². The van der Waals surface area contributed by atoms with E-state index >= 15 is 0 Å². The predicted molar refractivity (Wildman–Crippen MR) is 101 cm³/mol. The number of benzene rings is 2. The highest BCUT2D eigenvalue weighted by Gasteiger charge is 2.17. The van der Waals surface area contributed by atoms with E-state index in [9.17, 15) is 14.0 Å². The molecule has 0 spiro atoms. The maximum absolute atomic E-state index is 14.0. The summed E-state index contributed by atoms with van der Waals surface area (Å²) in [4.78, 5) is 23.6. The van der Waals surface area contributed by atoms with Gasteiger partial charge in [0, 0.05) is 23.6 Å². The molecule has 5 nitrogen and oxygen atoms in total. The maximum Gasteiger partial charge on any atom is 0.229 e. The van der Waals surface area contributed by atoms with Crippen molar-refractivity contribution in [2.45, 2.75) is 32.6 Å². The molecule has 0 radical (unpaired) electrons. The predicted octanol–water partition coefficient (Wildman–Crippen LogP) is 4.20. The largest absolute Gasteiger partial charge is 0.464 e. The summed E-state index contributed by atoms with van der Waals surface area (Å²) in [6.45, 7) is 1.36. The maximum atomic E-state index is 14.0. The Kier molecular flexibility index (Phi) is 4.39. The zero-order valence-corrected chi connectivity index (χ0v) is 14.9. The number of nitrogens with one attached hydrogen (secondary N) is 2. The first-order valence-electron chi connectivity index (χ1n) is 8.88. The standard InChI is InChI=1S/C21H19FN2O3/c1-12(25)23-16-5-6-18(22)19(10-16)24-21(26)9-15-11-27-20-8-14-4-2-3-13(14)7-17(15)20/h5-8,10-11H,2-4,9H2,1H3,(H,23,25)(H,24,26). The van der Waals surface area contributed by atoms with Crippen molar-refractivity contribution in [1.82, 2.24) is 0 Å². The molecule has 0 saturated heterocycles. The molecule has 0 saturated carbocycles. The van der Waals surface area contributed by atoms with Gasteiger partial charge in [0.25, 0.3) is 0 Å². The van der Waals surface area contributed by atoms with Crippen LogP contribution in [0.1, 0.15) is 30.0 Å². The molecule has 0 bridgehead atoms. The Balaban J connectivity index is 1.53. The van der Waals surface area contributed by atoms with E-state index in [-0.39, 0.29) is 23.9 Å². The summed E-state index contributed by atoms with van der Waals surface area (Å²) in [5.41, 5.74) is 4.61. The molecule has 0 aliphatic heterocycles. The van der Waals surface area contributed by atoms with E-state index in [0.29, 0.717) is 5.69 Å². The Morgan fingerprint density at radius 2 is 1.89 bits per heavy atom. The van der Waals surface area contributed by atoms with Gasteiger partial charge in [-0.2, -0.15) is 0 Å². The van der Waals surface area contributed by atoms with Crippen LogP contribution in [-0.2, 0) is 28.9 Å². The number of furan rings is 1. The monoisotopic (exact) mass is 366 g/mol. The van der Waals surface area contributed by atoms with Crippen LogP contribution in [-0.4, -0.2) is 11.8 Å². The highest BCUT2D eigenvalue weighted by molar-refractivity contribution is 5.96. The molecule has 0 atom stereocenters. The van der Waals surface area contributed by atoms with Crippen LogP contribution in [0.5, 0.6) is 0 Å². The van der Waals surface area contributed by atoms with Crippen molar-refractivity contribution in [1.29, 1.82) is 0 Å². The Bertz CT molecular complexity index is 1060. The third kappa shape index (κ3) is 3.56. The topological polar surface area (TPSA) is 71.3 Å². The Morgan fingerprint density at radius 3 is 2.67 bits per heavy atom. The average Bonchev–Trinajstić information content (AvgIpc) is 3.22. The number of aryl methyl sites for hydroxylation is 2. The zero-order valence-electron chi connectivity index (χ0n) is 14.9. The van der Waals surface area contributed by atoms with Crippen molar-refractivity contribution in [3.05, 3.63) is 59.1 Å². The Labute approximate surface area is 155 Å². The number of carbonyl (C=O) groups excluding carboxylic acids is 2. The summed E-state index contributed by atoms with van der Waals surface area (Å²) in [7, 11) is 0. The summed E-state index contributed by atoms with van der Waals surface area (Å²) in [5.74, 6) is -1.18. The van der Waals surface area contributed by atoms with Crippen LogP contribution in [0.4, 0.5) is 15.8 Å². The summed E-state index contributed by atoms with van der Waals surface area (Å²) in [6, 6.07) is 8.19. The number of halogens is 1. The van der Waals surface area contributed by atoms with Gasteiger partial charge in [-0.25, -0.2) is 4.39 Å². The lowest BCUT2D eigenvalue weighted by Crippen LogP contribution is -2.15. The minimum atomic E-state index is -0.563. The molecule has 0 fully saturated rings. The lowest BCUT2D eigenvalue weighted by atomic mass is 10.0. The second-order valence-electron chi connectivity index (χ2n) is 6.83. The fourth-order valence-corrected chi connectivity index (χ4v) is 3.55. The second-order valence-corrected chi connectivity index (χ2v) is 6.83. The van der Waals surface area contributed by atoms with Crippen molar-refractivity contribution in [2.24, 2.45) is 0 Å². The molecule has 2 aromatic carbocycles. The molecule has 3 aromatic rings. The number of fused-ring (bicyclic) bond motifs is 2. The van der Waals surface area contributed by atoms with Gasteiger partial charge in [-0.3, -0.25) is 9.59 Å². The van der Waals surface area contributed by atoms with E-state index < -0.39 is 5.82 Å². The van der Waals surface area contributed by atoms with Crippen molar-refractivity contribution in [3.63, 3.8) is 0 Å². The summed E-state index contributed by atoms with van der Waals surface area (Å²) in [5, 5.41) is 6.07. The molecule has 1 heterocycles. The van der Waals surface area contributed by atoms with Gasteiger partial charge in [-0.1, -0.05) is 0 Å². The van der Waals surface area contributed by atoms with Gasteiger partial charge in [0.2, 0.25) is 11.8 Å². The van der Waals surface area contributed by atoms with Crippen LogP contribution in [0.2, 0.25) is 0 Å². The quantitative estimate of drug-likeness (QED) is 0.727. The molecule has 0 unspecified atom stereocenters. The van der Waals surface area contributed by atoms with E-state index in [1.807, 2.05) is 0 Å². The number of rotatable bonds is 4. The third-order valence-corrected chi connectivity index (χ3v) is 4.78. The molecule has 1 aliphatic carbocycles. The fourth-order valence-electron chi connectivity index (χ4n) is 3.55. The summed E-state index contributed by atoms with van der Waals surface area (Å²) in [6.07, 6.45) is 4.91. The summed E-state index contributed by atoms with van der Waals surface area (Å²) >= 11 is 0. The molecule has 1 aliphatic rings. The van der Waals surface area contributed by atoms with E-state index in [4.69, 9.17) is 4.42 Å².